The van der Waals surface area contributed by atoms with Crippen molar-refractivity contribution in [3.8, 4) is 0 Å². The molecule has 4 atom stereocenters. The van der Waals surface area contributed by atoms with Gasteiger partial charge in [0.25, 0.3) is 0 Å². The number of aliphatic imine (C=N–C) groups is 1. The number of hydrogen-bond donors (Lipinski definition) is 2. The molecule has 1 aromatic rings. The molecule has 2 N–H and O–H groups in total. The summed E-state index contributed by atoms with van der Waals surface area (Å²) in [7, 11) is 0. The number of halogens is 1. The van der Waals surface area contributed by atoms with Gasteiger partial charge in [-0.3, -0.25) is 4.79 Å². The van der Waals surface area contributed by atoms with Gasteiger partial charge in [-0.05, 0) is 43.8 Å². The van der Waals surface area contributed by atoms with E-state index < -0.39 is 0 Å². The summed E-state index contributed by atoms with van der Waals surface area (Å²) >= 11 is 1.67. The molecule has 186 valence electrons. The van der Waals surface area contributed by atoms with Crippen LogP contribution in [0.3, 0.4) is 0 Å². The monoisotopic (exact) mass is 497 g/mol. The average Bonchev–Trinajstić information content (AvgIpc) is 3.17. The van der Waals surface area contributed by atoms with Gasteiger partial charge < -0.3 is 15.4 Å². The van der Waals surface area contributed by atoms with Crippen molar-refractivity contribution in [3.63, 3.8) is 0 Å². The standard InChI is InChI=1S/C26H32FN5O2S/c1-13-16(6-7-18(21(13)27)31-15(3)33)8-9-28-24-23-22(29-12-30-24)20-14(2)17-11-34-26(4,5)10-19(17)32-25(20)35-23/h6-7,12-14,16,20H,8-11H2,1-5H3,(H,31,33)(H,28,29,30). The van der Waals surface area contributed by atoms with Crippen LogP contribution in [0.2, 0.25) is 0 Å². The molecule has 4 unspecified atom stereocenters. The maximum atomic E-state index is 14.7. The number of rotatable bonds is 5. The Morgan fingerprint density at radius 2 is 2.09 bits per heavy atom. The van der Waals surface area contributed by atoms with Crippen LogP contribution in [0.5, 0.6) is 0 Å². The van der Waals surface area contributed by atoms with Gasteiger partial charge in [-0.1, -0.05) is 31.7 Å². The summed E-state index contributed by atoms with van der Waals surface area (Å²) in [6, 6.07) is 0. The summed E-state index contributed by atoms with van der Waals surface area (Å²) in [5.41, 5.74) is 3.54. The van der Waals surface area contributed by atoms with Gasteiger partial charge in [0.2, 0.25) is 5.91 Å². The van der Waals surface area contributed by atoms with Crippen molar-refractivity contribution >= 4 is 28.5 Å². The SMILES string of the molecule is CC(=O)NC1=C(F)C(C)C(CCNc2ncnc3c2SC2=NC4=C(COC(C)(C)C4)C(C)C23)C=C1. The molecule has 0 saturated heterocycles. The Bertz CT molecular complexity index is 1190. The Labute approximate surface area is 209 Å². The predicted octanol–water partition coefficient (Wildman–Crippen LogP) is 5.11. The Balaban J connectivity index is 1.28. The van der Waals surface area contributed by atoms with E-state index in [2.05, 4.69) is 41.4 Å². The number of carbonyl (C=O) groups is 1. The molecule has 4 heterocycles. The molecule has 35 heavy (non-hydrogen) atoms. The lowest BCUT2D eigenvalue weighted by atomic mass is 9.80. The summed E-state index contributed by atoms with van der Waals surface area (Å²) in [6.45, 7) is 11.0. The smallest absolute Gasteiger partial charge is 0.221 e. The van der Waals surface area contributed by atoms with Crippen LogP contribution in [0.15, 0.2) is 51.2 Å². The second-order valence-corrected chi connectivity index (χ2v) is 11.5. The number of carbonyl (C=O) groups excluding carboxylic acids is 1. The van der Waals surface area contributed by atoms with Crippen molar-refractivity contribution in [2.24, 2.45) is 22.7 Å². The lowest BCUT2D eigenvalue weighted by Crippen LogP contribution is -2.35. The minimum absolute atomic E-state index is 0.0359. The van der Waals surface area contributed by atoms with Gasteiger partial charge in [-0.2, -0.15) is 0 Å². The molecule has 0 fully saturated rings. The van der Waals surface area contributed by atoms with E-state index in [1.807, 2.05) is 13.0 Å². The summed E-state index contributed by atoms with van der Waals surface area (Å²) in [5.74, 6) is 0.423. The fourth-order valence-corrected chi connectivity index (χ4v) is 6.63. The Morgan fingerprint density at radius 1 is 1.29 bits per heavy atom. The van der Waals surface area contributed by atoms with Gasteiger partial charge in [-0.25, -0.2) is 19.4 Å². The highest BCUT2D eigenvalue weighted by atomic mass is 32.2. The first kappa shape index (κ1) is 24.2. The van der Waals surface area contributed by atoms with E-state index in [9.17, 15) is 9.18 Å². The van der Waals surface area contributed by atoms with Crippen LogP contribution >= 0.6 is 11.8 Å². The minimum atomic E-state index is -0.295. The summed E-state index contributed by atoms with van der Waals surface area (Å²) < 4.78 is 20.8. The van der Waals surface area contributed by atoms with Crippen LogP contribution in [-0.2, 0) is 9.53 Å². The van der Waals surface area contributed by atoms with Crippen LogP contribution in [-0.4, -0.2) is 39.7 Å². The number of fused-ring (bicyclic) bond motifs is 3. The maximum Gasteiger partial charge on any atom is 0.221 e. The molecule has 0 radical (unpaired) electrons. The highest BCUT2D eigenvalue weighted by Crippen LogP contribution is 2.53. The van der Waals surface area contributed by atoms with Crippen LogP contribution < -0.4 is 10.6 Å². The second kappa shape index (κ2) is 9.17. The second-order valence-electron chi connectivity index (χ2n) is 10.4. The highest BCUT2D eigenvalue weighted by Gasteiger charge is 2.44. The average molecular weight is 498 g/mol. The molecular weight excluding hydrogens is 465 g/mol. The van der Waals surface area contributed by atoms with Gasteiger partial charge in [0.05, 0.1) is 39.5 Å². The third kappa shape index (κ3) is 4.56. The molecule has 1 amide bonds. The number of hydrogen-bond acceptors (Lipinski definition) is 7. The quantitative estimate of drug-likeness (QED) is 0.588. The van der Waals surface area contributed by atoms with Crippen LogP contribution in [0.25, 0.3) is 0 Å². The molecule has 0 spiro atoms. The van der Waals surface area contributed by atoms with Gasteiger partial charge in [0.15, 0.2) is 0 Å². The first-order valence-corrected chi connectivity index (χ1v) is 13.0. The number of ether oxygens (including phenoxy) is 1. The van der Waals surface area contributed by atoms with E-state index in [0.717, 1.165) is 40.0 Å². The van der Waals surface area contributed by atoms with Crippen molar-refractivity contribution in [2.45, 2.75) is 63.9 Å². The normalized spacial score (nSPS) is 28.8. The molecule has 4 aliphatic rings. The number of nitrogens with zero attached hydrogens (tertiary/aromatic N) is 3. The summed E-state index contributed by atoms with van der Waals surface area (Å²) in [5, 5.41) is 7.12. The van der Waals surface area contributed by atoms with Gasteiger partial charge in [-0.15, -0.1) is 0 Å². The van der Waals surface area contributed by atoms with Crippen LogP contribution in [0, 0.1) is 17.8 Å². The fraction of sp³-hybridized carbons (Fsp3) is 0.538. The number of nitrogens with one attached hydrogen (secondary N) is 2. The van der Waals surface area contributed by atoms with Gasteiger partial charge >= 0.3 is 0 Å². The van der Waals surface area contributed by atoms with E-state index in [1.165, 1.54) is 12.5 Å². The Morgan fingerprint density at radius 3 is 2.86 bits per heavy atom. The molecule has 7 nitrogen and oxygen atoms in total. The molecule has 1 aromatic heterocycles. The van der Waals surface area contributed by atoms with Crippen molar-refractivity contribution in [2.75, 3.05) is 18.5 Å². The fourth-order valence-electron chi connectivity index (χ4n) is 5.32. The lowest BCUT2D eigenvalue weighted by Gasteiger charge is -2.38. The molecular formula is C26H32FN5O2S. The molecule has 0 aromatic carbocycles. The summed E-state index contributed by atoms with van der Waals surface area (Å²) in [4.78, 5) is 26.6. The zero-order valence-electron chi connectivity index (χ0n) is 20.8. The molecule has 1 aliphatic carbocycles. The van der Waals surface area contributed by atoms with Crippen LogP contribution in [0.4, 0.5) is 10.2 Å². The zero-order chi connectivity index (χ0) is 24.9. The Kier molecular flexibility index (Phi) is 6.34. The lowest BCUT2D eigenvalue weighted by molar-refractivity contribution is -0.118. The van der Waals surface area contributed by atoms with Crippen molar-refractivity contribution < 1.29 is 13.9 Å². The van der Waals surface area contributed by atoms with E-state index in [4.69, 9.17) is 9.73 Å². The number of thioether (sulfide) groups is 1. The number of amides is 1. The van der Waals surface area contributed by atoms with Crippen molar-refractivity contribution in [1.29, 1.82) is 0 Å². The number of allylic oxidation sites excluding steroid dienone is 3. The van der Waals surface area contributed by atoms with E-state index >= 15 is 0 Å². The first-order chi connectivity index (χ1) is 16.6. The first-order valence-electron chi connectivity index (χ1n) is 12.2. The minimum Gasteiger partial charge on any atom is -0.371 e. The highest BCUT2D eigenvalue weighted by molar-refractivity contribution is 8.14. The van der Waals surface area contributed by atoms with E-state index in [0.29, 0.717) is 13.2 Å². The van der Waals surface area contributed by atoms with Crippen molar-refractivity contribution in [3.05, 3.63) is 47.0 Å². The molecule has 5 rings (SSSR count). The van der Waals surface area contributed by atoms with Gasteiger partial charge in [0.1, 0.15) is 18.0 Å². The largest absolute Gasteiger partial charge is 0.371 e. The number of aromatic nitrogens is 2. The van der Waals surface area contributed by atoms with Crippen LogP contribution in [0.1, 0.15) is 59.1 Å². The predicted molar refractivity (Wildman–Crippen MR) is 136 cm³/mol. The van der Waals surface area contributed by atoms with E-state index in [1.54, 1.807) is 24.2 Å². The third-order valence-electron chi connectivity index (χ3n) is 7.37. The molecule has 9 heteroatoms. The molecule has 0 bridgehead atoms. The maximum absolute atomic E-state index is 14.7. The third-order valence-corrected chi connectivity index (χ3v) is 8.53. The van der Waals surface area contributed by atoms with Gasteiger partial charge in [0, 0.05) is 31.5 Å². The van der Waals surface area contributed by atoms with E-state index in [-0.39, 0.29) is 46.7 Å². The topological polar surface area (TPSA) is 88.5 Å². The summed E-state index contributed by atoms with van der Waals surface area (Å²) in [6.07, 6.45) is 6.82. The molecule has 0 saturated carbocycles. The molecule has 3 aliphatic heterocycles. The van der Waals surface area contributed by atoms with Crippen molar-refractivity contribution in [1.82, 2.24) is 15.3 Å². The number of anilines is 1. The zero-order valence-corrected chi connectivity index (χ0v) is 21.6. The Hall–Kier alpha value is -2.52.